The monoisotopic (exact) mass is 302 g/mol. The Kier molecular flexibility index (Phi) is 3.62. The van der Waals surface area contributed by atoms with Crippen molar-refractivity contribution >= 4 is 17.4 Å². The Balaban J connectivity index is 1.90. The Labute approximate surface area is 129 Å². The fourth-order valence-electron chi connectivity index (χ4n) is 3.22. The largest absolute Gasteiger partial charge is 0.298 e. The summed E-state index contributed by atoms with van der Waals surface area (Å²) in [5.41, 5.74) is 2.54. The zero-order valence-electron chi connectivity index (χ0n) is 12.4. The van der Waals surface area contributed by atoms with Crippen molar-refractivity contribution in [1.82, 2.24) is 9.78 Å². The van der Waals surface area contributed by atoms with Crippen molar-refractivity contribution in [2.45, 2.75) is 38.0 Å². The summed E-state index contributed by atoms with van der Waals surface area (Å²) in [4.78, 5) is 12.9. The van der Waals surface area contributed by atoms with Crippen LogP contribution in [-0.2, 0) is 23.7 Å². The third-order valence-corrected chi connectivity index (χ3v) is 5.15. The number of aromatic nitrogens is 2. The van der Waals surface area contributed by atoms with Crippen LogP contribution in [0.5, 0.6) is 0 Å². The Morgan fingerprint density at radius 2 is 2.00 bits per heavy atom. The molecule has 0 unspecified atom stereocenters. The number of aryl methyl sites for hydroxylation is 2. The molecule has 0 N–H and O–H groups in total. The highest BCUT2D eigenvalue weighted by atomic mass is 35.5. The molecule has 110 valence electrons. The van der Waals surface area contributed by atoms with Crippen molar-refractivity contribution in [1.29, 1.82) is 0 Å². The number of carbonyl (C=O) groups is 1. The van der Waals surface area contributed by atoms with Crippen LogP contribution in [0.1, 0.15) is 36.1 Å². The average Bonchev–Trinajstić information content (AvgIpc) is 2.65. The minimum atomic E-state index is -0.313. The second kappa shape index (κ2) is 5.30. The van der Waals surface area contributed by atoms with Gasteiger partial charge in [-0.25, -0.2) is 0 Å². The van der Waals surface area contributed by atoms with Crippen molar-refractivity contribution in [2.24, 2.45) is 7.05 Å². The molecule has 1 saturated carbocycles. The Bertz CT molecular complexity index is 672. The van der Waals surface area contributed by atoms with E-state index in [9.17, 15) is 4.79 Å². The first kappa shape index (κ1) is 14.3. The van der Waals surface area contributed by atoms with E-state index in [0.717, 1.165) is 36.1 Å². The van der Waals surface area contributed by atoms with E-state index in [1.807, 2.05) is 25.1 Å². The van der Waals surface area contributed by atoms with Gasteiger partial charge < -0.3 is 0 Å². The maximum absolute atomic E-state index is 12.9. The first-order chi connectivity index (χ1) is 10.0. The van der Waals surface area contributed by atoms with Crippen LogP contribution in [0.15, 0.2) is 30.3 Å². The summed E-state index contributed by atoms with van der Waals surface area (Å²) in [7, 11) is 1.81. The molecule has 4 heteroatoms. The second-order valence-electron chi connectivity index (χ2n) is 5.88. The minimum Gasteiger partial charge on any atom is -0.298 e. The molecule has 2 aromatic rings. The summed E-state index contributed by atoms with van der Waals surface area (Å²) in [6, 6.07) is 10.1. The molecule has 0 radical (unpaired) electrons. The molecule has 3 nitrogen and oxygen atoms in total. The van der Waals surface area contributed by atoms with Crippen LogP contribution < -0.4 is 0 Å². The van der Waals surface area contributed by atoms with Crippen molar-refractivity contribution in [2.75, 3.05) is 0 Å². The number of Topliss-reactive ketones (excluding diaryl/α,β-unsaturated/α-hetero) is 1. The molecule has 1 heterocycles. The molecule has 1 aliphatic rings. The summed E-state index contributed by atoms with van der Waals surface area (Å²) in [6.07, 6.45) is 3.35. The molecule has 0 amide bonds. The lowest BCUT2D eigenvalue weighted by Crippen LogP contribution is -2.43. The van der Waals surface area contributed by atoms with Crippen molar-refractivity contribution in [3.63, 3.8) is 0 Å². The van der Waals surface area contributed by atoms with Crippen LogP contribution in [0.2, 0.25) is 5.15 Å². The fraction of sp³-hybridized carbons (Fsp3) is 0.412. The van der Waals surface area contributed by atoms with Crippen LogP contribution in [0.25, 0.3) is 0 Å². The van der Waals surface area contributed by atoms with Gasteiger partial charge in [-0.05, 0) is 25.3 Å². The molecule has 0 saturated heterocycles. The van der Waals surface area contributed by atoms with Crippen LogP contribution in [-0.4, -0.2) is 15.6 Å². The fourth-order valence-corrected chi connectivity index (χ4v) is 3.46. The molecule has 1 fully saturated rings. The van der Waals surface area contributed by atoms with Crippen molar-refractivity contribution < 1.29 is 4.79 Å². The van der Waals surface area contributed by atoms with Gasteiger partial charge in [-0.2, -0.15) is 5.10 Å². The van der Waals surface area contributed by atoms with Crippen molar-refractivity contribution in [3.8, 4) is 0 Å². The van der Waals surface area contributed by atoms with Gasteiger partial charge in [0.25, 0.3) is 0 Å². The molecule has 0 spiro atoms. The molecular formula is C17H19ClN2O. The lowest BCUT2D eigenvalue weighted by atomic mass is 9.61. The standard InChI is InChI=1S/C17H19ClN2O/c1-12-14(16(18)20(2)19-12)11-15(21)17(9-6-10-17)13-7-4-3-5-8-13/h3-5,7-8H,6,9-11H2,1-2H3. The molecule has 21 heavy (non-hydrogen) atoms. The number of carbonyl (C=O) groups excluding carboxylic acids is 1. The van der Waals surface area contributed by atoms with E-state index in [-0.39, 0.29) is 11.2 Å². The minimum absolute atomic E-state index is 0.262. The zero-order valence-corrected chi connectivity index (χ0v) is 13.2. The molecule has 1 aromatic carbocycles. The molecule has 1 aromatic heterocycles. The molecule has 0 atom stereocenters. The van der Waals surface area contributed by atoms with E-state index in [2.05, 4.69) is 17.2 Å². The summed E-state index contributed by atoms with van der Waals surface area (Å²) >= 11 is 6.26. The van der Waals surface area contributed by atoms with E-state index in [4.69, 9.17) is 11.6 Å². The average molecular weight is 303 g/mol. The molecule has 0 bridgehead atoms. The van der Waals surface area contributed by atoms with Gasteiger partial charge in [-0.15, -0.1) is 0 Å². The maximum atomic E-state index is 12.9. The Hall–Kier alpha value is -1.61. The number of halogens is 1. The van der Waals surface area contributed by atoms with Gasteiger partial charge in [0.2, 0.25) is 0 Å². The predicted molar refractivity (Wildman–Crippen MR) is 83.6 cm³/mol. The van der Waals surface area contributed by atoms with E-state index < -0.39 is 0 Å². The first-order valence-electron chi connectivity index (χ1n) is 7.31. The predicted octanol–water partition coefficient (Wildman–Crippen LogP) is 3.62. The maximum Gasteiger partial charge on any atom is 0.147 e. The lowest BCUT2D eigenvalue weighted by molar-refractivity contribution is -0.127. The Morgan fingerprint density at radius 3 is 2.48 bits per heavy atom. The van der Waals surface area contributed by atoms with Gasteiger partial charge >= 0.3 is 0 Å². The van der Waals surface area contributed by atoms with Crippen LogP contribution in [0.4, 0.5) is 0 Å². The van der Waals surface area contributed by atoms with E-state index in [1.165, 1.54) is 0 Å². The number of nitrogens with zero attached hydrogens (tertiary/aromatic N) is 2. The van der Waals surface area contributed by atoms with Gasteiger partial charge in [0.15, 0.2) is 0 Å². The molecular weight excluding hydrogens is 284 g/mol. The lowest BCUT2D eigenvalue weighted by Gasteiger charge is -2.41. The quantitative estimate of drug-likeness (QED) is 0.864. The summed E-state index contributed by atoms with van der Waals surface area (Å²) < 4.78 is 1.63. The smallest absolute Gasteiger partial charge is 0.147 e. The van der Waals surface area contributed by atoms with Gasteiger partial charge in [-0.3, -0.25) is 9.48 Å². The highest BCUT2D eigenvalue weighted by Crippen LogP contribution is 2.45. The molecule has 0 aliphatic heterocycles. The highest BCUT2D eigenvalue weighted by Gasteiger charge is 2.45. The van der Waals surface area contributed by atoms with E-state index in [1.54, 1.807) is 11.7 Å². The summed E-state index contributed by atoms with van der Waals surface area (Å²) in [5.74, 6) is 0.262. The first-order valence-corrected chi connectivity index (χ1v) is 7.69. The highest BCUT2D eigenvalue weighted by molar-refractivity contribution is 6.30. The third kappa shape index (κ3) is 2.30. The van der Waals surface area contributed by atoms with E-state index >= 15 is 0 Å². The number of hydrogen-bond acceptors (Lipinski definition) is 2. The third-order valence-electron chi connectivity index (χ3n) is 4.67. The normalized spacial score (nSPS) is 16.5. The number of rotatable bonds is 4. The second-order valence-corrected chi connectivity index (χ2v) is 6.24. The summed E-state index contributed by atoms with van der Waals surface area (Å²) in [5, 5.41) is 4.87. The van der Waals surface area contributed by atoms with Crippen molar-refractivity contribution in [3.05, 3.63) is 52.3 Å². The van der Waals surface area contributed by atoms with Gasteiger partial charge in [0.05, 0.1) is 11.1 Å². The Morgan fingerprint density at radius 1 is 1.33 bits per heavy atom. The van der Waals surface area contributed by atoms with Gasteiger partial charge in [0.1, 0.15) is 10.9 Å². The van der Waals surface area contributed by atoms with Crippen LogP contribution >= 0.6 is 11.6 Å². The summed E-state index contributed by atoms with van der Waals surface area (Å²) in [6.45, 7) is 1.91. The van der Waals surface area contributed by atoms with Crippen LogP contribution in [0, 0.1) is 6.92 Å². The number of benzene rings is 1. The SMILES string of the molecule is Cc1nn(C)c(Cl)c1CC(=O)C1(c2ccccc2)CCC1. The topological polar surface area (TPSA) is 34.9 Å². The molecule has 1 aliphatic carbocycles. The molecule has 3 rings (SSSR count). The van der Waals surface area contributed by atoms with Crippen LogP contribution in [0.3, 0.4) is 0 Å². The van der Waals surface area contributed by atoms with E-state index in [0.29, 0.717) is 11.6 Å². The van der Waals surface area contributed by atoms with Gasteiger partial charge in [-0.1, -0.05) is 48.4 Å². The zero-order chi connectivity index (χ0) is 15.0. The number of hydrogen-bond donors (Lipinski definition) is 0. The van der Waals surface area contributed by atoms with Gasteiger partial charge in [0, 0.05) is 19.0 Å². The number of ketones is 1.